The lowest BCUT2D eigenvalue weighted by molar-refractivity contribution is 0.294. The van der Waals surface area contributed by atoms with Gasteiger partial charge in [-0.3, -0.25) is 0 Å². The molecule has 1 N–H and O–H groups in total. The van der Waals surface area contributed by atoms with Crippen LogP contribution in [0.4, 0.5) is 5.95 Å². The highest BCUT2D eigenvalue weighted by Gasteiger charge is 2.11. The summed E-state index contributed by atoms with van der Waals surface area (Å²) >= 11 is 0. The third kappa shape index (κ3) is 3.07. The van der Waals surface area contributed by atoms with E-state index in [-0.39, 0.29) is 0 Å². The molecule has 2 aromatic rings. The average Bonchev–Trinajstić information content (AvgIpc) is 2.73. The van der Waals surface area contributed by atoms with Gasteiger partial charge in [-0.15, -0.1) is 0 Å². The van der Waals surface area contributed by atoms with E-state index in [0.717, 1.165) is 31.1 Å². The van der Waals surface area contributed by atoms with Crippen LogP contribution >= 0.6 is 0 Å². The second kappa shape index (κ2) is 6.06. The Balaban J connectivity index is 2.10. The number of benzene rings is 1. The maximum absolute atomic E-state index is 4.64. The second-order valence-electron chi connectivity index (χ2n) is 5.01. The Bertz CT molecular complexity index is 528. The first kappa shape index (κ1) is 13.9. The molecule has 1 heterocycles. The number of aromatic nitrogens is 2. The first-order valence-electron chi connectivity index (χ1n) is 7.06. The Morgan fingerprint density at radius 2 is 1.95 bits per heavy atom. The molecule has 0 saturated carbocycles. The van der Waals surface area contributed by atoms with Gasteiger partial charge in [-0.05, 0) is 32.1 Å². The fourth-order valence-corrected chi connectivity index (χ4v) is 2.41. The molecule has 0 aliphatic heterocycles. The fourth-order valence-electron chi connectivity index (χ4n) is 2.41. The molecule has 0 aliphatic carbocycles. The van der Waals surface area contributed by atoms with Gasteiger partial charge in [-0.2, -0.15) is 0 Å². The number of hydrogen-bond donors (Lipinski definition) is 1. The normalized spacial score (nSPS) is 13.1. The molecular formula is C15H24N4. The van der Waals surface area contributed by atoms with E-state index in [1.807, 2.05) is 12.1 Å². The Labute approximate surface area is 115 Å². The predicted octanol–water partition coefficient (Wildman–Crippen LogP) is 2.72. The molecule has 0 radical (unpaired) electrons. The van der Waals surface area contributed by atoms with Crippen molar-refractivity contribution in [2.24, 2.45) is 7.05 Å². The smallest absolute Gasteiger partial charge is 0.203 e. The van der Waals surface area contributed by atoms with Crippen LogP contribution in [0, 0.1) is 0 Å². The van der Waals surface area contributed by atoms with Crippen LogP contribution in [-0.4, -0.2) is 40.1 Å². The van der Waals surface area contributed by atoms with Gasteiger partial charge in [-0.1, -0.05) is 26.0 Å². The molecule has 0 spiro atoms. The zero-order valence-corrected chi connectivity index (χ0v) is 12.3. The van der Waals surface area contributed by atoms with Crippen molar-refractivity contribution in [3.05, 3.63) is 24.3 Å². The van der Waals surface area contributed by atoms with Gasteiger partial charge in [0.2, 0.25) is 5.95 Å². The van der Waals surface area contributed by atoms with Crippen LogP contribution in [0.2, 0.25) is 0 Å². The minimum absolute atomic E-state index is 0.385. The molecule has 4 heteroatoms. The average molecular weight is 260 g/mol. The number of nitrogens with one attached hydrogen (secondary N) is 1. The predicted molar refractivity (Wildman–Crippen MR) is 81.6 cm³/mol. The van der Waals surface area contributed by atoms with Gasteiger partial charge in [0.15, 0.2) is 0 Å². The lowest BCUT2D eigenvalue weighted by Gasteiger charge is -2.23. The monoisotopic (exact) mass is 260 g/mol. The molecule has 104 valence electrons. The lowest BCUT2D eigenvalue weighted by Crippen LogP contribution is -2.35. The van der Waals surface area contributed by atoms with Crippen molar-refractivity contribution in [3.8, 4) is 0 Å². The topological polar surface area (TPSA) is 33.1 Å². The number of para-hydroxylation sites is 2. The summed E-state index contributed by atoms with van der Waals surface area (Å²) in [6.45, 7) is 9.82. The van der Waals surface area contributed by atoms with Crippen molar-refractivity contribution in [1.29, 1.82) is 0 Å². The number of nitrogens with zero attached hydrogens (tertiary/aromatic N) is 3. The summed E-state index contributed by atoms with van der Waals surface area (Å²) in [5.74, 6) is 0.945. The third-order valence-corrected chi connectivity index (χ3v) is 3.59. The maximum atomic E-state index is 4.64. The number of imidazole rings is 1. The van der Waals surface area contributed by atoms with E-state index in [1.165, 1.54) is 5.52 Å². The molecule has 0 saturated heterocycles. The molecule has 1 aromatic heterocycles. The first-order chi connectivity index (χ1) is 9.15. The highest BCUT2D eigenvalue weighted by molar-refractivity contribution is 5.78. The largest absolute Gasteiger partial charge is 0.352 e. The first-order valence-corrected chi connectivity index (χ1v) is 7.06. The molecule has 0 fully saturated rings. The summed E-state index contributed by atoms with van der Waals surface area (Å²) in [6, 6.07) is 8.61. The van der Waals surface area contributed by atoms with Gasteiger partial charge in [0, 0.05) is 19.6 Å². The zero-order valence-electron chi connectivity index (χ0n) is 12.3. The maximum Gasteiger partial charge on any atom is 0.203 e. The molecule has 0 bridgehead atoms. The minimum atomic E-state index is 0.385. The van der Waals surface area contributed by atoms with E-state index in [2.05, 4.69) is 59.7 Å². The van der Waals surface area contributed by atoms with Crippen LogP contribution in [0.1, 0.15) is 20.8 Å². The molecule has 2 rings (SSSR count). The summed E-state index contributed by atoms with van der Waals surface area (Å²) in [4.78, 5) is 7.06. The van der Waals surface area contributed by atoms with E-state index in [0.29, 0.717) is 6.04 Å². The summed E-state index contributed by atoms with van der Waals surface area (Å²) in [7, 11) is 2.06. The summed E-state index contributed by atoms with van der Waals surface area (Å²) in [6.07, 6.45) is 0. The minimum Gasteiger partial charge on any atom is -0.352 e. The van der Waals surface area contributed by atoms with Gasteiger partial charge < -0.3 is 14.8 Å². The molecule has 0 aliphatic rings. The molecule has 4 nitrogen and oxygen atoms in total. The van der Waals surface area contributed by atoms with Gasteiger partial charge in [-0.25, -0.2) is 4.98 Å². The number of likely N-dealkylation sites (N-methyl/N-ethyl adjacent to an activating group) is 1. The SMILES string of the molecule is CCN(CC)CC(C)Nc1nc2ccccc2n1C. The highest BCUT2D eigenvalue weighted by Crippen LogP contribution is 2.18. The lowest BCUT2D eigenvalue weighted by atomic mass is 10.3. The van der Waals surface area contributed by atoms with Crippen molar-refractivity contribution < 1.29 is 0 Å². The van der Waals surface area contributed by atoms with Gasteiger partial charge in [0.25, 0.3) is 0 Å². The summed E-state index contributed by atoms with van der Waals surface area (Å²) in [5, 5.41) is 3.51. The van der Waals surface area contributed by atoms with Gasteiger partial charge in [0.1, 0.15) is 0 Å². The van der Waals surface area contributed by atoms with Crippen molar-refractivity contribution in [1.82, 2.24) is 14.5 Å². The van der Waals surface area contributed by atoms with E-state index < -0.39 is 0 Å². The number of rotatable bonds is 6. The molecular weight excluding hydrogens is 236 g/mol. The Morgan fingerprint density at radius 1 is 1.26 bits per heavy atom. The van der Waals surface area contributed by atoms with E-state index in [1.54, 1.807) is 0 Å². The van der Waals surface area contributed by atoms with Crippen molar-refractivity contribution in [2.45, 2.75) is 26.8 Å². The standard InChI is InChI=1S/C15H24N4/c1-5-19(6-2)11-12(3)16-15-17-13-9-7-8-10-14(13)18(15)4/h7-10,12H,5-6,11H2,1-4H3,(H,16,17). The third-order valence-electron chi connectivity index (χ3n) is 3.59. The molecule has 19 heavy (non-hydrogen) atoms. The van der Waals surface area contributed by atoms with Crippen molar-refractivity contribution in [2.75, 3.05) is 25.0 Å². The van der Waals surface area contributed by atoms with Crippen LogP contribution in [0.15, 0.2) is 24.3 Å². The van der Waals surface area contributed by atoms with Crippen LogP contribution in [0.25, 0.3) is 11.0 Å². The van der Waals surface area contributed by atoms with Crippen LogP contribution in [0.5, 0.6) is 0 Å². The zero-order chi connectivity index (χ0) is 13.8. The van der Waals surface area contributed by atoms with E-state index in [9.17, 15) is 0 Å². The highest BCUT2D eigenvalue weighted by atomic mass is 15.2. The fraction of sp³-hybridized carbons (Fsp3) is 0.533. The molecule has 1 aromatic carbocycles. The second-order valence-corrected chi connectivity index (χ2v) is 5.01. The van der Waals surface area contributed by atoms with Crippen molar-refractivity contribution in [3.63, 3.8) is 0 Å². The summed E-state index contributed by atoms with van der Waals surface area (Å²) in [5.41, 5.74) is 2.21. The van der Waals surface area contributed by atoms with Crippen LogP contribution in [0.3, 0.4) is 0 Å². The van der Waals surface area contributed by atoms with E-state index in [4.69, 9.17) is 0 Å². The van der Waals surface area contributed by atoms with Crippen LogP contribution in [-0.2, 0) is 7.05 Å². The molecule has 1 atom stereocenters. The summed E-state index contributed by atoms with van der Waals surface area (Å²) < 4.78 is 2.12. The number of fused-ring (bicyclic) bond motifs is 1. The van der Waals surface area contributed by atoms with Crippen molar-refractivity contribution >= 4 is 17.0 Å². The number of hydrogen-bond acceptors (Lipinski definition) is 3. The molecule has 0 amide bonds. The number of anilines is 1. The molecule has 1 unspecified atom stereocenters. The Morgan fingerprint density at radius 3 is 2.58 bits per heavy atom. The number of aryl methyl sites for hydroxylation is 1. The van der Waals surface area contributed by atoms with Crippen LogP contribution < -0.4 is 5.32 Å². The Kier molecular flexibility index (Phi) is 4.43. The van der Waals surface area contributed by atoms with E-state index >= 15 is 0 Å². The van der Waals surface area contributed by atoms with Gasteiger partial charge in [0.05, 0.1) is 11.0 Å². The quantitative estimate of drug-likeness (QED) is 0.867. The Hall–Kier alpha value is -1.55. The van der Waals surface area contributed by atoms with Gasteiger partial charge >= 0.3 is 0 Å².